The largest absolute Gasteiger partial charge is 0.370 e. The van der Waals surface area contributed by atoms with Crippen molar-refractivity contribution in [3.63, 3.8) is 0 Å². The van der Waals surface area contributed by atoms with Crippen molar-refractivity contribution in [3.8, 4) is 0 Å². The third-order valence-corrected chi connectivity index (χ3v) is 3.49. The molecule has 0 atom stereocenters. The zero-order valence-electron chi connectivity index (χ0n) is 12.6. The van der Waals surface area contributed by atoms with Crippen LogP contribution >= 0.6 is 11.6 Å². The summed E-state index contributed by atoms with van der Waals surface area (Å²) in [5, 5.41) is 4.16. The molecule has 0 aliphatic heterocycles. The number of rotatable bonds is 7. The van der Waals surface area contributed by atoms with E-state index in [9.17, 15) is 0 Å². The second-order valence-corrected chi connectivity index (χ2v) is 5.67. The molecule has 21 heavy (non-hydrogen) atoms. The minimum atomic E-state index is 0.778. The molecule has 0 unspecified atom stereocenters. The first-order valence-corrected chi connectivity index (χ1v) is 7.67. The third kappa shape index (κ3) is 5.03. The molecule has 0 spiro atoms. The lowest BCUT2D eigenvalue weighted by molar-refractivity contribution is 0.319. The first-order chi connectivity index (χ1) is 10.2. The minimum Gasteiger partial charge on any atom is -0.370 e. The van der Waals surface area contributed by atoms with Crippen LogP contribution in [0.4, 0.5) is 5.82 Å². The van der Waals surface area contributed by atoms with Crippen molar-refractivity contribution in [1.29, 1.82) is 0 Å². The van der Waals surface area contributed by atoms with Gasteiger partial charge in [-0.25, -0.2) is 4.98 Å². The van der Waals surface area contributed by atoms with Crippen LogP contribution in [0.25, 0.3) is 0 Å². The van der Waals surface area contributed by atoms with Crippen LogP contribution < -0.4 is 5.32 Å². The van der Waals surface area contributed by atoms with Crippen molar-refractivity contribution in [1.82, 2.24) is 9.88 Å². The average Bonchev–Trinajstić information content (AvgIpc) is 2.49. The van der Waals surface area contributed by atoms with Crippen LogP contribution in [0.1, 0.15) is 24.5 Å². The Kier molecular flexibility index (Phi) is 6.03. The number of aromatic nitrogens is 1. The first kappa shape index (κ1) is 15.8. The maximum atomic E-state index is 5.92. The molecule has 1 aromatic heterocycles. The summed E-state index contributed by atoms with van der Waals surface area (Å²) in [5.41, 5.74) is 2.48. The minimum absolute atomic E-state index is 0.778. The Morgan fingerprint density at radius 3 is 2.62 bits per heavy atom. The van der Waals surface area contributed by atoms with Crippen LogP contribution in [0.3, 0.4) is 0 Å². The Labute approximate surface area is 132 Å². The summed E-state index contributed by atoms with van der Waals surface area (Å²) in [6, 6.07) is 12.1. The van der Waals surface area contributed by atoms with E-state index in [1.54, 1.807) is 0 Å². The Bertz CT molecular complexity index is 554. The van der Waals surface area contributed by atoms with Gasteiger partial charge < -0.3 is 5.32 Å². The molecule has 0 amide bonds. The highest BCUT2D eigenvalue weighted by Gasteiger charge is 2.07. The van der Waals surface area contributed by atoms with E-state index in [1.807, 2.05) is 24.4 Å². The van der Waals surface area contributed by atoms with E-state index < -0.39 is 0 Å². The number of hydrogen-bond acceptors (Lipinski definition) is 3. The zero-order valence-corrected chi connectivity index (χ0v) is 13.4. The van der Waals surface area contributed by atoms with Gasteiger partial charge in [0.05, 0.1) is 0 Å². The smallest absolute Gasteiger partial charge is 0.130 e. The summed E-state index contributed by atoms with van der Waals surface area (Å²) in [6.07, 6.45) is 2.93. The van der Waals surface area contributed by atoms with E-state index in [4.69, 9.17) is 11.6 Å². The van der Waals surface area contributed by atoms with Crippen LogP contribution in [-0.4, -0.2) is 23.5 Å². The third-order valence-electron chi connectivity index (χ3n) is 3.24. The van der Waals surface area contributed by atoms with Gasteiger partial charge >= 0.3 is 0 Å². The van der Waals surface area contributed by atoms with Crippen molar-refractivity contribution in [2.24, 2.45) is 0 Å². The molecule has 0 radical (unpaired) electrons. The topological polar surface area (TPSA) is 28.2 Å². The monoisotopic (exact) mass is 303 g/mol. The van der Waals surface area contributed by atoms with Crippen LogP contribution in [0.2, 0.25) is 5.02 Å². The Morgan fingerprint density at radius 2 is 1.90 bits per heavy atom. The molecule has 0 saturated carbocycles. The maximum absolute atomic E-state index is 5.92. The molecule has 0 saturated heterocycles. The molecule has 1 aromatic carbocycles. The van der Waals surface area contributed by atoms with Gasteiger partial charge in [-0.15, -0.1) is 0 Å². The van der Waals surface area contributed by atoms with Gasteiger partial charge in [0.2, 0.25) is 0 Å². The summed E-state index contributed by atoms with van der Waals surface area (Å²) in [7, 11) is 2.12. The lowest BCUT2D eigenvalue weighted by atomic mass is 10.2. The van der Waals surface area contributed by atoms with Gasteiger partial charge in [-0.2, -0.15) is 0 Å². The molecular weight excluding hydrogens is 282 g/mol. The lowest BCUT2D eigenvalue weighted by Crippen LogP contribution is -2.18. The number of nitrogens with zero attached hydrogens (tertiary/aromatic N) is 2. The van der Waals surface area contributed by atoms with Gasteiger partial charge in [-0.1, -0.05) is 36.7 Å². The van der Waals surface area contributed by atoms with Crippen molar-refractivity contribution in [2.45, 2.75) is 26.4 Å². The molecule has 2 aromatic rings. The standard InChI is InChI=1S/C17H22ClN3/c1-3-10-19-17-15(5-4-11-20-17)13-21(2)12-14-6-8-16(18)9-7-14/h4-9,11H,3,10,12-13H2,1-2H3,(H,19,20). The Hall–Kier alpha value is -1.58. The van der Waals surface area contributed by atoms with E-state index in [-0.39, 0.29) is 0 Å². The van der Waals surface area contributed by atoms with Crippen molar-refractivity contribution < 1.29 is 0 Å². The summed E-state index contributed by atoms with van der Waals surface area (Å²) >= 11 is 5.92. The molecule has 0 aliphatic rings. The number of anilines is 1. The number of benzene rings is 1. The molecule has 112 valence electrons. The molecule has 0 bridgehead atoms. The van der Waals surface area contributed by atoms with E-state index >= 15 is 0 Å². The highest BCUT2D eigenvalue weighted by molar-refractivity contribution is 6.30. The second-order valence-electron chi connectivity index (χ2n) is 5.24. The van der Waals surface area contributed by atoms with Crippen LogP contribution in [0.5, 0.6) is 0 Å². The molecule has 0 aliphatic carbocycles. The number of pyridine rings is 1. The van der Waals surface area contributed by atoms with Crippen molar-refractivity contribution >= 4 is 17.4 Å². The number of halogens is 1. The Morgan fingerprint density at radius 1 is 1.14 bits per heavy atom. The summed E-state index contributed by atoms with van der Waals surface area (Å²) in [5.74, 6) is 0.988. The molecule has 1 N–H and O–H groups in total. The van der Waals surface area contributed by atoms with E-state index in [1.165, 1.54) is 11.1 Å². The maximum Gasteiger partial charge on any atom is 0.130 e. The fraction of sp³-hybridized carbons (Fsp3) is 0.353. The number of hydrogen-bond donors (Lipinski definition) is 1. The lowest BCUT2D eigenvalue weighted by Gasteiger charge is -2.19. The van der Waals surface area contributed by atoms with Gasteiger partial charge in [0.1, 0.15) is 5.82 Å². The van der Waals surface area contributed by atoms with E-state index in [0.29, 0.717) is 0 Å². The fourth-order valence-corrected chi connectivity index (χ4v) is 2.34. The molecular formula is C17H22ClN3. The quantitative estimate of drug-likeness (QED) is 0.831. The van der Waals surface area contributed by atoms with Crippen LogP contribution in [0.15, 0.2) is 42.6 Å². The van der Waals surface area contributed by atoms with Gasteiger partial charge in [-0.3, -0.25) is 4.90 Å². The van der Waals surface area contributed by atoms with Gasteiger partial charge in [0, 0.05) is 36.4 Å². The molecule has 1 heterocycles. The summed E-state index contributed by atoms with van der Waals surface area (Å²) < 4.78 is 0. The zero-order chi connectivity index (χ0) is 15.1. The van der Waals surface area contributed by atoms with Crippen LogP contribution in [-0.2, 0) is 13.1 Å². The fourth-order valence-electron chi connectivity index (χ4n) is 2.22. The first-order valence-electron chi connectivity index (χ1n) is 7.29. The molecule has 3 nitrogen and oxygen atoms in total. The van der Waals surface area contributed by atoms with Gasteiger partial charge in [-0.05, 0) is 37.2 Å². The molecule has 2 rings (SSSR count). The second kappa shape index (κ2) is 8.01. The predicted molar refractivity (Wildman–Crippen MR) is 89.6 cm³/mol. The SMILES string of the molecule is CCCNc1ncccc1CN(C)Cc1ccc(Cl)cc1. The normalized spacial score (nSPS) is 10.9. The van der Waals surface area contributed by atoms with Gasteiger partial charge in [0.15, 0.2) is 0 Å². The highest BCUT2D eigenvalue weighted by atomic mass is 35.5. The van der Waals surface area contributed by atoms with E-state index in [2.05, 4.69) is 47.4 Å². The Balaban J connectivity index is 1.98. The van der Waals surface area contributed by atoms with Crippen LogP contribution in [0, 0.1) is 0 Å². The number of nitrogens with one attached hydrogen (secondary N) is 1. The van der Waals surface area contributed by atoms with Crippen molar-refractivity contribution in [2.75, 3.05) is 18.9 Å². The summed E-state index contributed by atoms with van der Waals surface area (Å²) in [4.78, 5) is 6.71. The predicted octanol–water partition coefficient (Wildman–Crippen LogP) is 4.19. The van der Waals surface area contributed by atoms with Crippen molar-refractivity contribution in [3.05, 3.63) is 58.7 Å². The highest BCUT2D eigenvalue weighted by Crippen LogP contribution is 2.16. The molecule has 0 fully saturated rings. The summed E-state index contributed by atoms with van der Waals surface area (Å²) in [6.45, 7) is 4.86. The molecule has 4 heteroatoms. The van der Waals surface area contributed by atoms with Gasteiger partial charge in [0.25, 0.3) is 0 Å². The average molecular weight is 304 g/mol. The van der Waals surface area contributed by atoms with E-state index in [0.717, 1.165) is 36.9 Å².